The molecule has 4 heteroatoms. The molecule has 0 fully saturated rings. The Morgan fingerprint density at radius 1 is 1.25 bits per heavy atom. The number of benzene rings is 1. The minimum atomic E-state index is -0.173. The second-order valence-electron chi connectivity index (χ2n) is 4.60. The van der Waals surface area contributed by atoms with Gasteiger partial charge in [0, 0.05) is 18.1 Å². The molecule has 2 aromatic rings. The Labute approximate surface area is 119 Å². The smallest absolute Gasteiger partial charge is 0.320 e. The molecule has 1 heterocycles. The number of carbonyl (C=O) groups is 1. The topological polar surface area (TPSA) is 42.4 Å². The SMILES string of the molecule is CCOC(=O)CN(CC)Cc1ccnc2ccccc12. The molecule has 4 nitrogen and oxygen atoms in total. The van der Waals surface area contributed by atoms with E-state index in [-0.39, 0.29) is 5.97 Å². The van der Waals surface area contributed by atoms with Crippen molar-refractivity contribution < 1.29 is 9.53 Å². The van der Waals surface area contributed by atoms with E-state index in [0.717, 1.165) is 24.0 Å². The van der Waals surface area contributed by atoms with Crippen LogP contribution in [-0.2, 0) is 16.1 Å². The third kappa shape index (κ3) is 3.54. The standard InChI is InChI=1S/C16H20N2O2/c1-3-18(12-16(19)20-4-2)11-13-9-10-17-15-8-6-5-7-14(13)15/h5-10H,3-4,11-12H2,1-2H3. The van der Waals surface area contributed by atoms with Gasteiger partial charge >= 0.3 is 5.97 Å². The summed E-state index contributed by atoms with van der Waals surface area (Å²) in [6.45, 7) is 6.14. The summed E-state index contributed by atoms with van der Waals surface area (Å²) in [7, 11) is 0. The molecule has 2 rings (SSSR count). The van der Waals surface area contributed by atoms with Gasteiger partial charge in [-0.05, 0) is 31.2 Å². The van der Waals surface area contributed by atoms with Crippen LogP contribution in [0.5, 0.6) is 0 Å². The summed E-state index contributed by atoms with van der Waals surface area (Å²) in [5.74, 6) is -0.173. The summed E-state index contributed by atoms with van der Waals surface area (Å²) in [5.41, 5.74) is 2.17. The highest BCUT2D eigenvalue weighted by molar-refractivity contribution is 5.81. The molecule has 0 spiro atoms. The maximum atomic E-state index is 11.6. The van der Waals surface area contributed by atoms with E-state index in [0.29, 0.717) is 13.2 Å². The van der Waals surface area contributed by atoms with E-state index < -0.39 is 0 Å². The van der Waals surface area contributed by atoms with Gasteiger partial charge in [0.2, 0.25) is 0 Å². The highest BCUT2D eigenvalue weighted by Gasteiger charge is 2.11. The molecule has 0 unspecified atom stereocenters. The summed E-state index contributed by atoms with van der Waals surface area (Å²) in [6.07, 6.45) is 1.82. The molecule has 0 radical (unpaired) electrons. The lowest BCUT2D eigenvalue weighted by atomic mass is 10.1. The molecule has 0 atom stereocenters. The summed E-state index contributed by atoms with van der Waals surface area (Å²) >= 11 is 0. The van der Waals surface area contributed by atoms with Crippen molar-refractivity contribution in [1.82, 2.24) is 9.88 Å². The average molecular weight is 272 g/mol. The Hall–Kier alpha value is -1.94. The average Bonchev–Trinajstić information content (AvgIpc) is 2.47. The summed E-state index contributed by atoms with van der Waals surface area (Å²) in [4.78, 5) is 18.0. The van der Waals surface area contributed by atoms with E-state index in [1.807, 2.05) is 44.3 Å². The Morgan fingerprint density at radius 3 is 2.80 bits per heavy atom. The van der Waals surface area contributed by atoms with Gasteiger partial charge in [0.15, 0.2) is 0 Å². The number of hydrogen-bond donors (Lipinski definition) is 0. The molecule has 0 aliphatic rings. The van der Waals surface area contributed by atoms with E-state index in [1.165, 1.54) is 5.56 Å². The normalized spacial score (nSPS) is 10.9. The summed E-state index contributed by atoms with van der Waals surface area (Å²) in [6, 6.07) is 10.1. The molecular formula is C16H20N2O2. The largest absolute Gasteiger partial charge is 0.465 e. The number of esters is 1. The van der Waals surface area contributed by atoms with Gasteiger partial charge in [-0.1, -0.05) is 25.1 Å². The van der Waals surface area contributed by atoms with Crippen molar-refractivity contribution in [3.8, 4) is 0 Å². The van der Waals surface area contributed by atoms with Crippen LogP contribution in [0.15, 0.2) is 36.5 Å². The molecule has 0 N–H and O–H groups in total. The Kier molecular flexibility index (Phi) is 5.07. The molecule has 0 aliphatic heterocycles. The van der Waals surface area contributed by atoms with Crippen LogP contribution in [0, 0.1) is 0 Å². The Bertz CT molecular complexity index is 578. The lowest BCUT2D eigenvalue weighted by molar-refractivity contribution is -0.144. The van der Waals surface area contributed by atoms with E-state index in [4.69, 9.17) is 4.74 Å². The number of carbonyl (C=O) groups excluding carboxylic acids is 1. The van der Waals surface area contributed by atoms with Crippen molar-refractivity contribution in [1.29, 1.82) is 0 Å². The molecule has 0 bridgehead atoms. The zero-order valence-electron chi connectivity index (χ0n) is 12.0. The van der Waals surface area contributed by atoms with Gasteiger partial charge in [-0.3, -0.25) is 14.7 Å². The molecule has 1 aromatic heterocycles. The third-order valence-electron chi connectivity index (χ3n) is 3.24. The minimum Gasteiger partial charge on any atom is -0.465 e. The van der Waals surface area contributed by atoms with Crippen LogP contribution < -0.4 is 0 Å². The molecule has 1 aromatic carbocycles. The fraction of sp³-hybridized carbons (Fsp3) is 0.375. The number of pyridine rings is 1. The molecular weight excluding hydrogens is 252 g/mol. The van der Waals surface area contributed by atoms with Crippen molar-refractivity contribution in [3.63, 3.8) is 0 Å². The molecule has 0 aliphatic carbocycles. The lowest BCUT2D eigenvalue weighted by Gasteiger charge is -2.20. The van der Waals surface area contributed by atoms with Crippen LogP contribution in [0.1, 0.15) is 19.4 Å². The monoisotopic (exact) mass is 272 g/mol. The maximum absolute atomic E-state index is 11.6. The van der Waals surface area contributed by atoms with Crippen LogP contribution in [0.3, 0.4) is 0 Å². The zero-order chi connectivity index (χ0) is 14.4. The van der Waals surface area contributed by atoms with Gasteiger partial charge < -0.3 is 4.74 Å². The summed E-state index contributed by atoms with van der Waals surface area (Å²) in [5, 5.41) is 1.14. The minimum absolute atomic E-state index is 0.173. The number of ether oxygens (including phenoxy) is 1. The van der Waals surface area contributed by atoms with E-state index in [9.17, 15) is 4.79 Å². The van der Waals surface area contributed by atoms with Gasteiger partial charge in [-0.2, -0.15) is 0 Å². The van der Waals surface area contributed by atoms with Crippen LogP contribution >= 0.6 is 0 Å². The third-order valence-corrected chi connectivity index (χ3v) is 3.24. The van der Waals surface area contributed by atoms with Crippen LogP contribution in [0.4, 0.5) is 0 Å². The molecule has 106 valence electrons. The van der Waals surface area contributed by atoms with Crippen LogP contribution in [-0.4, -0.2) is 35.5 Å². The van der Waals surface area contributed by atoms with Crippen molar-refractivity contribution in [2.75, 3.05) is 19.7 Å². The van der Waals surface area contributed by atoms with Gasteiger partial charge in [-0.15, -0.1) is 0 Å². The number of aromatic nitrogens is 1. The predicted molar refractivity (Wildman–Crippen MR) is 79.3 cm³/mol. The number of fused-ring (bicyclic) bond motifs is 1. The maximum Gasteiger partial charge on any atom is 0.320 e. The highest BCUT2D eigenvalue weighted by Crippen LogP contribution is 2.17. The van der Waals surface area contributed by atoms with Crippen LogP contribution in [0.2, 0.25) is 0 Å². The molecule has 0 saturated carbocycles. The van der Waals surface area contributed by atoms with Crippen molar-refractivity contribution in [3.05, 3.63) is 42.1 Å². The van der Waals surface area contributed by atoms with Crippen molar-refractivity contribution in [2.45, 2.75) is 20.4 Å². The highest BCUT2D eigenvalue weighted by atomic mass is 16.5. The first-order chi connectivity index (χ1) is 9.74. The van der Waals surface area contributed by atoms with Gasteiger partial charge in [0.1, 0.15) is 0 Å². The van der Waals surface area contributed by atoms with Gasteiger partial charge in [0.25, 0.3) is 0 Å². The number of nitrogens with zero attached hydrogens (tertiary/aromatic N) is 2. The first kappa shape index (κ1) is 14.5. The second-order valence-corrected chi connectivity index (χ2v) is 4.60. The second kappa shape index (κ2) is 7.01. The fourth-order valence-electron chi connectivity index (χ4n) is 2.20. The first-order valence-electron chi connectivity index (χ1n) is 6.95. The fourth-order valence-corrected chi connectivity index (χ4v) is 2.20. The zero-order valence-corrected chi connectivity index (χ0v) is 12.0. The number of likely N-dealkylation sites (N-methyl/N-ethyl adjacent to an activating group) is 1. The first-order valence-corrected chi connectivity index (χ1v) is 6.95. The van der Waals surface area contributed by atoms with E-state index >= 15 is 0 Å². The van der Waals surface area contributed by atoms with Crippen molar-refractivity contribution >= 4 is 16.9 Å². The predicted octanol–water partition coefficient (Wildman–Crippen LogP) is 2.62. The van der Waals surface area contributed by atoms with Crippen LogP contribution in [0.25, 0.3) is 10.9 Å². The number of para-hydroxylation sites is 1. The van der Waals surface area contributed by atoms with Crippen molar-refractivity contribution in [2.24, 2.45) is 0 Å². The quantitative estimate of drug-likeness (QED) is 0.758. The Balaban J connectivity index is 2.15. The van der Waals surface area contributed by atoms with E-state index in [1.54, 1.807) is 0 Å². The Morgan fingerprint density at radius 2 is 2.05 bits per heavy atom. The van der Waals surface area contributed by atoms with Gasteiger partial charge in [0.05, 0.1) is 18.7 Å². The molecule has 20 heavy (non-hydrogen) atoms. The molecule has 0 amide bonds. The van der Waals surface area contributed by atoms with Gasteiger partial charge in [-0.25, -0.2) is 0 Å². The number of rotatable bonds is 6. The lowest BCUT2D eigenvalue weighted by Crippen LogP contribution is -2.30. The van der Waals surface area contributed by atoms with E-state index in [2.05, 4.69) is 16.0 Å². The molecule has 0 saturated heterocycles. The number of hydrogen-bond acceptors (Lipinski definition) is 4. The summed E-state index contributed by atoms with van der Waals surface area (Å²) < 4.78 is 5.01.